The molecule has 0 heterocycles. The van der Waals surface area contributed by atoms with Crippen molar-refractivity contribution in [1.29, 1.82) is 0 Å². The normalized spacial score (nSPS) is 23.0. The van der Waals surface area contributed by atoms with Gasteiger partial charge < -0.3 is 0 Å². The summed E-state index contributed by atoms with van der Waals surface area (Å²) in [5, 5.41) is 0. The fraction of sp³-hybridized carbons (Fsp3) is 0.926. The van der Waals surface area contributed by atoms with Crippen LogP contribution in [-0.2, 0) is 0 Å². The maximum Gasteiger partial charge on any atom is -0.0292 e. The molecule has 160 valence electrons. The molecule has 5 atom stereocenters. The molecule has 0 aromatic heterocycles. The van der Waals surface area contributed by atoms with Gasteiger partial charge in [0.05, 0.1) is 0 Å². The Bertz CT molecular complexity index is 412. The molecule has 0 radical (unpaired) electrons. The van der Waals surface area contributed by atoms with E-state index >= 15 is 0 Å². The molecule has 5 unspecified atom stereocenters. The van der Waals surface area contributed by atoms with E-state index in [1.807, 2.05) is 0 Å². The van der Waals surface area contributed by atoms with Gasteiger partial charge in [0.15, 0.2) is 0 Å². The molecule has 0 spiro atoms. The van der Waals surface area contributed by atoms with Crippen LogP contribution in [0.3, 0.4) is 0 Å². The molecule has 0 aromatic carbocycles. The molecule has 0 N–H and O–H groups in total. The lowest BCUT2D eigenvalue weighted by atomic mass is 9.60. The molecule has 1 fully saturated rings. The molecule has 1 rings (SSSR count). The minimum Gasteiger partial charge on any atom is -0.0859 e. The van der Waals surface area contributed by atoms with Gasteiger partial charge in [-0.25, -0.2) is 0 Å². The van der Waals surface area contributed by atoms with Crippen LogP contribution in [0.2, 0.25) is 0 Å². The Balaban J connectivity index is 2.78. The molecule has 0 aromatic rings. The van der Waals surface area contributed by atoms with Crippen LogP contribution in [-0.4, -0.2) is 0 Å². The summed E-state index contributed by atoms with van der Waals surface area (Å²) < 4.78 is 0. The van der Waals surface area contributed by atoms with E-state index in [1.165, 1.54) is 76.2 Å². The molecule has 1 aliphatic rings. The molecule has 0 saturated heterocycles. The molecule has 27 heavy (non-hydrogen) atoms. The Labute approximate surface area is 173 Å². The predicted molar refractivity (Wildman–Crippen MR) is 124 cm³/mol. The van der Waals surface area contributed by atoms with Crippen LogP contribution in [0.1, 0.15) is 126 Å². The summed E-state index contributed by atoms with van der Waals surface area (Å²) in [6.45, 7) is 19.5. The number of hydrogen-bond acceptors (Lipinski definition) is 0. The molecule has 0 heteroatoms. The van der Waals surface area contributed by atoms with Gasteiger partial charge in [-0.2, -0.15) is 0 Å². The molecule has 0 amide bonds. The van der Waals surface area contributed by atoms with E-state index in [4.69, 9.17) is 0 Å². The zero-order valence-electron chi connectivity index (χ0n) is 20.2. The van der Waals surface area contributed by atoms with Crippen molar-refractivity contribution >= 4 is 0 Å². The molecule has 0 bridgehead atoms. The standard InChI is InChI=1S/C27H52/c1-9-12-13-18-22(6)26(27(7,8)24(11-3)16-10-2)25-20-23(25)19-15-14-17-21(4)5/h17,22-26H,9-16,18-20H2,1-8H3. The van der Waals surface area contributed by atoms with Crippen molar-refractivity contribution in [3.63, 3.8) is 0 Å². The Morgan fingerprint density at radius 3 is 2.26 bits per heavy atom. The third-order valence-electron chi connectivity index (χ3n) is 7.69. The summed E-state index contributed by atoms with van der Waals surface area (Å²) in [4.78, 5) is 0. The van der Waals surface area contributed by atoms with Gasteiger partial charge in [0.2, 0.25) is 0 Å². The van der Waals surface area contributed by atoms with E-state index in [1.54, 1.807) is 0 Å². The molecule has 1 saturated carbocycles. The highest BCUT2D eigenvalue weighted by Crippen LogP contribution is 2.58. The number of unbranched alkanes of at least 4 members (excludes halogenated alkanes) is 3. The first-order valence-electron chi connectivity index (χ1n) is 12.4. The van der Waals surface area contributed by atoms with Gasteiger partial charge in [0, 0.05) is 0 Å². The zero-order chi connectivity index (χ0) is 20.4. The monoisotopic (exact) mass is 376 g/mol. The van der Waals surface area contributed by atoms with Crippen LogP contribution < -0.4 is 0 Å². The Morgan fingerprint density at radius 1 is 1.00 bits per heavy atom. The van der Waals surface area contributed by atoms with E-state index in [-0.39, 0.29) is 0 Å². The third kappa shape index (κ3) is 7.94. The van der Waals surface area contributed by atoms with Crippen molar-refractivity contribution in [1.82, 2.24) is 0 Å². The molecular formula is C27H52. The van der Waals surface area contributed by atoms with Gasteiger partial charge >= 0.3 is 0 Å². The first kappa shape index (κ1) is 24.8. The maximum absolute atomic E-state index is 2.64. The lowest BCUT2D eigenvalue weighted by molar-refractivity contribution is 0.0394. The number of hydrogen-bond donors (Lipinski definition) is 0. The van der Waals surface area contributed by atoms with E-state index in [2.05, 4.69) is 61.5 Å². The summed E-state index contributed by atoms with van der Waals surface area (Å²) in [5.41, 5.74) is 1.98. The number of rotatable bonds is 15. The van der Waals surface area contributed by atoms with Crippen molar-refractivity contribution < 1.29 is 0 Å². The van der Waals surface area contributed by atoms with Crippen molar-refractivity contribution in [3.05, 3.63) is 11.6 Å². The van der Waals surface area contributed by atoms with Crippen LogP contribution in [0.25, 0.3) is 0 Å². The van der Waals surface area contributed by atoms with Crippen molar-refractivity contribution in [2.75, 3.05) is 0 Å². The summed E-state index contributed by atoms with van der Waals surface area (Å²) >= 11 is 0. The van der Waals surface area contributed by atoms with Crippen LogP contribution >= 0.6 is 0 Å². The largest absolute Gasteiger partial charge is 0.0859 e. The Kier molecular flexibility index (Phi) is 11.3. The van der Waals surface area contributed by atoms with Crippen LogP contribution in [0.4, 0.5) is 0 Å². The Morgan fingerprint density at radius 2 is 1.70 bits per heavy atom. The predicted octanol–water partition coefficient (Wildman–Crippen LogP) is 9.44. The minimum atomic E-state index is 0.496. The molecule has 0 aliphatic heterocycles. The Hall–Kier alpha value is -0.260. The van der Waals surface area contributed by atoms with Gasteiger partial charge in [-0.3, -0.25) is 0 Å². The first-order valence-corrected chi connectivity index (χ1v) is 12.4. The third-order valence-corrected chi connectivity index (χ3v) is 7.69. The second-order valence-corrected chi connectivity index (χ2v) is 10.6. The fourth-order valence-corrected chi connectivity index (χ4v) is 6.14. The number of allylic oxidation sites excluding steroid dienone is 2. The average molecular weight is 377 g/mol. The summed E-state index contributed by atoms with van der Waals surface area (Å²) in [6, 6.07) is 0. The van der Waals surface area contributed by atoms with Crippen molar-refractivity contribution in [3.8, 4) is 0 Å². The lowest BCUT2D eigenvalue weighted by Crippen LogP contribution is -2.38. The molecular weight excluding hydrogens is 324 g/mol. The van der Waals surface area contributed by atoms with Gasteiger partial charge in [-0.1, -0.05) is 98.1 Å². The van der Waals surface area contributed by atoms with Crippen molar-refractivity contribution in [2.45, 2.75) is 126 Å². The quantitative estimate of drug-likeness (QED) is 0.197. The highest BCUT2D eigenvalue weighted by atomic mass is 14.6. The van der Waals surface area contributed by atoms with Crippen LogP contribution in [0.5, 0.6) is 0 Å². The van der Waals surface area contributed by atoms with Gasteiger partial charge in [-0.15, -0.1) is 0 Å². The summed E-state index contributed by atoms with van der Waals surface area (Å²) in [5.74, 6) is 4.75. The lowest BCUT2D eigenvalue weighted by Gasteiger charge is -2.45. The van der Waals surface area contributed by atoms with Gasteiger partial charge in [0.1, 0.15) is 0 Å². The van der Waals surface area contributed by atoms with Crippen LogP contribution in [0.15, 0.2) is 11.6 Å². The topological polar surface area (TPSA) is 0 Å². The molecule has 1 aliphatic carbocycles. The average Bonchev–Trinajstić information content (AvgIpc) is 3.35. The van der Waals surface area contributed by atoms with Crippen LogP contribution in [0, 0.1) is 35.0 Å². The van der Waals surface area contributed by atoms with E-state index in [0.717, 1.165) is 29.6 Å². The summed E-state index contributed by atoms with van der Waals surface area (Å²) in [7, 11) is 0. The second-order valence-electron chi connectivity index (χ2n) is 10.6. The van der Waals surface area contributed by atoms with E-state index < -0.39 is 0 Å². The summed E-state index contributed by atoms with van der Waals surface area (Å²) in [6.07, 6.45) is 17.9. The van der Waals surface area contributed by atoms with E-state index in [0.29, 0.717) is 5.41 Å². The highest BCUT2D eigenvalue weighted by molar-refractivity contribution is 5.00. The van der Waals surface area contributed by atoms with Gasteiger partial charge in [0.25, 0.3) is 0 Å². The molecule has 0 nitrogen and oxygen atoms in total. The SMILES string of the molecule is CCCCCC(C)C(C1CC1CCCC=C(C)C)C(C)(C)C(CC)CCC. The smallest absolute Gasteiger partial charge is 0.0292 e. The highest BCUT2D eigenvalue weighted by Gasteiger charge is 2.51. The second kappa shape index (κ2) is 12.3. The van der Waals surface area contributed by atoms with E-state index in [9.17, 15) is 0 Å². The van der Waals surface area contributed by atoms with Gasteiger partial charge in [-0.05, 0) is 74.5 Å². The first-order chi connectivity index (χ1) is 12.8. The van der Waals surface area contributed by atoms with Crippen molar-refractivity contribution in [2.24, 2.45) is 35.0 Å². The minimum absolute atomic E-state index is 0.496. The zero-order valence-corrected chi connectivity index (χ0v) is 20.2. The maximum atomic E-state index is 2.64. The fourth-order valence-electron chi connectivity index (χ4n) is 6.14.